The number of anilines is 3. The van der Waals surface area contributed by atoms with E-state index in [4.69, 9.17) is 0 Å². The van der Waals surface area contributed by atoms with Gasteiger partial charge in [-0.3, -0.25) is 4.79 Å². The lowest BCUT2D eigenvalue weighted by Gasteiger charge is -2.22. The number of pyridine rings is 1. The Labute approximate surface area is 140 Å². The van der Waals surface area contributed by atoms with Crippen molar-refractivity contribution in [2.75, 3.05) is 28.7 Å². The number of hydrogen-bond acceptors (Lipinski definition) is 5. The van der Waals surface area contributed by atoms with Gasteiger partial charge in [-0.15, -0.1) is 0 Å². The number of carbonyl (C=O) groups is 1. The largest absolute Gasteiger partial charge is 0.340 e. The molecule has 1 amide bonds. The smallest absolute Gasteiger partial charge is 0.226 e. The Morgan fingerprint density at radius 2 is 2.09 bits per heavy atom. The zero-order valence-corrected chi connectivity index (χ0v) is 13.6. The zero-order chi connectivity index (χ0) is 15.9. The summed E-state index contributed by atoms with van der Waals surface area (Å²) in [6.07, 6.45) is 2.17. The van der Waals surface area contributed by atoms with Crippen LogP contribution in [-0.4, -0.2) is 35.0 Å². The molecule has 1 fully saturated rings. The van der Waals surface area contributed by atoms with Crippen molar-refractivity contribution in [2.24, 2.45) is 0 Å². The highest BCUT2D eigenvalue weighted by Gasteiger charge is 2.16. The van der Waals surface area contributed by atoms with Gasteiger partial charge < -0.3 is 16.0 Å². The van der Waals surface area contributed by atoms with Crippen molar-refractivity contribution in [2.45, 2.75) is 12.5 Å². The van der Waals surface area contributed by atoms with Crippen LogP contribution in [0.5, 0.6) is 0 Å². The van der Waals surface area contributed by atoms with Crippen molar-refractivity contribution >= 4 is 34.9 Å². The quantitative estimate of drug-likeness (QED) is 0.787. The van der Waals surface area contributed by atoms with E-state index in [1.54, 1.807) is 6.20 Å². The van der Waals surface area contributed by atoms with Crippen LogP contribution in [-0.2, 0) is 4.79 Å². The summed E-state index contributed by atoms with van der Waals surface area (Å²) >= 11 is 1.89. The zero-order valence-electron chi connectivity index (χ0n) is 12.8. The number of carbonyl (C=O) groups excluding carboxylic acids is 1. The molecule has 0 spiro atoms. The second-order valence-electron chi connectivity index (χ2n) is 5.40. The summed E-state index contributed by atoms with van der Waals surface area (Å²) in [4.78, 5) is 16.4. The third kappa shape index (κ3) is 4.97. The highest BCUT2D eigenvalue weighted by Crippen LogP contribution is 2.16. The molecule has 1 aromatic carbocycles. The maximum absolute atomic E-state index is 12.1. The molecular weight excluding hydrogens is 308 g/mol. The fourth-order valence-corrected chi connectivity index (χ4v) is 3.35. The molecular formula is C17H20N4OS. The summed E-state index contributed by atoms with van der Waals surface area (Å²) < 4.78 is 0. The maximum atomic E-state index is 12.1. The van der Waals surface area contributed by atoms with Gasteiger partial charge in [0.2, 0.25) is 5.91 Å². The molecule has 0 bridgehead atoms. The molecule has 5 nitrogen and oxygen atoms in total. The molecule has 23 heavy (non-hydrogen) atoms. The average molecular weight is 328 g/mol. The predicted octanol–water partition coefficient (Wildman–Crippen LogP) is 2.86. The highest BCUT2D eigenvalue weighted by molar-refractivity contribution is 7.99. The number of thioether (sulfide) groups is 1. The van der Waals surface area contributed by atoms with Crippen LogP contribution >= 0.6 is 11.8 Å². The molecule has 1 aliphatic heterocycles. The number of aromatic nitrogens is 1. The summed E-state index contributed by atoms with van der Waals surface area (Å²) in [6.45, 7) is 0.976. The van der Waals surface area contributed by atoms with Crippen LogP contribution in [0.15, 0.2) is 48.7 Å². The lowest BCUT2D eigenvalue weighted by atomic mass is 10.2. The monoisotopic (exact) mass is 328 g/mol. The van der Waals surface area contributed by atoms with E-state index >= 15 is 0 Å². The Kier molecular flexibility index (Phi) is 5.50. The first kappa shape index (κ1) is 15.8. The number of nitrogens with zero attached hydrogens (tertiary/aromatic N) is 1. The second-order valence-corrected chi connectivity index (χ2v) is 6.55. The third-order valence-corrected chi connectivity index (χ3v) is 4.65. The standard InChI is InChI=1S/C17H20N4OS/c22-17(10-15-12-23-9-8-18-15)21-14-6-7-16(19-11-14)20-13-4-2-1-3-5-13/h1-7,11,15,18H,8-10,12H2,(H,19,20)(H,21,22). The van der Waals surface area contributed by atoms with Gasteiger partial charge in [0, 0.05) is 36.2 Å². The minimum Gasteiger partial charge on any atom is -0.340 e. The van der Waals surface area contributed by atoms with E-state index in [2.05, 4.69) is 20.9 Å². The van der Waals surface area contributed by atoms with Crippen molar-refractivity contribution in [3.05, 3.63) is 48.7 Å². The van der Waals surface area contributed by atoms with Crippen molar-refractivity contribution in [3.63, 3.8) is 0 Å². The fraction of sp³-hybridized carbons (Fsp3) is 0.294. The minimum atomic E-state index is 0.0237. The first-order valence-electron chi connectivity index (χ1n) is 7.69. The molecule has 0 aliphatic carbocycles. The Balaban J connectivity index is 1.51. The molecule has 1 saturated heterocycles. The summed E-state index contributed by atoms with van der Waals surface area (Å²) in [6, 6.07) is 13.8. The molecule has 1 aromatic heterocycles. The van der Waals surface area contributed by atoms with Gasteiger partial charge in [-0.2, -0.15) is 11.8 Å². The topological polar surface area (TPSA) is 66.1 Å². The Hall–Kier alpha value is -2.05. The van der Waals surface area contributed by atoms with E-state index in [1.165, 1.54) is 0 Å². The summed E-state index contributed by atoms with van der Waals surface area (Å²) in [5.41, 5.74) is 1.70. The van der Waals surface area contributed by atoms with E-state index in [9.17, 15) is 4.79 Å². The number of nitrogens with one attached hydrogen (secondary N) is 3. The van der Waals surface area contributed by atoms with Crippen LogP contribution < -0.4 is 16.0 Å². The molecule has 1 atom stereocenters. The molecule has 2 heterocycles. The van der Waals surface area contributed by atoms with Crippen LogP contribution in [0.1, 0.15) is 6.42 Å². The van der Waals surface area contributed by atoms with Gasteiger partial charge in [-0.25, -0.2) is 4.98 Å². The van der Waals surface area contributed by atoms with Gasteiger partial charge >= 0.3 is 0 Å². The van der Waals surface area contributed by atoms with E-state index in [1.807, 2.05) is 54.2 Å². The van der Waals surface area contributed by atoms with Gasteiger partial charge in [0.05, 0.1) is 11.9 Å². The second kappa shape index (κ2) is 7.99. The van der Waals surface area contributed by atoms with Crippen LogP contribution in [0.4, 0.5) is 17.2 Å². The number of amides is 1. The first-order chi connectivity index (χ1) is 11.3. The van der Waals surface area contributed by atoms with Gasteiger partial charge in [-0.1, -0.05) is 18.2 Å². The molecule has 3 N–H and O–H groups in total. The van der Waals surface area contributed by atoms with Crippen LogP contribution in [0.25, 0.3) is 0 Å². The molecule has 120 valence electrons. The van der Waals surface area contributed by atoms with E-state index in [0.29, 0.717) is 6.42 Å². The molecule has 1 aliphatic rings. The normalized spacial score (nSPS) is 17.5. The molecule has 3 rings (SSSR count). The number of hydrogen-bond donors (Lipinski definition) is 3. The van der Waals surface area contributed by atoms with Crippen LogP contribution in [0.3, 0.4) is 0 Å². The third-order valence-electron chi connectivity index (χ3n) is 3.52. The van der Waals surface area contributed by atoms with Gasteiger partial charge in [0.25, 0.3) is 0 Å². The molecule has 0 radical (unpaired) electrons. The fourth-order valence-electron chi connectivity index (χ4n) is 2.40. The van der Waals surface area contributed by atoms with Crippen molar-refractivity contribution < 1.29 is 4.79 Å². The van der Waals surface area contributed by atoms with Crippen molar-refractivity contribution in [3.8, 4) is 0 Å². The van der Waals surface area contributed by atoms with E-state index in [0.717, 1.165) is 35.2 Å². The van der Waals surface area contributed by atoms with Gasteiger partial charge in [-0.05, 0) is 24.3 Å². The minimum absolute atomic E-state index is 0.0237. The Bertz CT molecular complexity index is 627. The van der Waals surface area contributed by atoms with E-state index in [-0.39, 0.29) is 11.9 Å². The average Bonchev–Trinajstić information content (AvgIpc) is 2.58. The Morgan fingerprint density at radius 3 is 2.78 bits per heavy atom. The summed E-state index contributed by atoms with van der Waals surface area (Å²) in [5, 5.41) is 9.48. The van der Waals surface area contributed by atoms with Crippen LogP contribution in [0.2, 0.25) is 0 Å². The lowest BCUT2D eigenvalue weighted by Crippen LogP contribution is -2.39. The van der Waals surface area contributed by atoms with Gasteiger partial charge in [0.1, 0.15) is 5.82 Å². The summed E-state index contributed by atoms with van der Waals surface area (Å²) in [5.74, 6) is 2.89. The molecule has 0 saturated carbocycles. The lowest BCUT2D eigenvalue weighted by molar-refractivity contribution is -0.116. The first-order valence-corrected chi connectivity index (χ1v) is 8.84. The van der Waals surface area contributed by atoms with Crippen LogP contribution in [0, 0.1) is 0 Å². The number of benzene rings is 1. The molecule has 2 aromatic rings. The SMILES string of the molecule is O=C(CC1CSCCN1)Nc1ccc(Nc2ccccc2)nc1. The molecule has 1 unspecified atom stereocenters. The number of para-hydroxylation sites is 1. The van der Waals surface area contributed by atoms with E-state index < -0.39 is 0 Å². The maximum Gasteiger partial charge on any atom is 0.226 e. The van der Waals surface area contributed by atoms with Gasteiger partial charge in [0.15, 0.2) is 0 Å². The predicted molar refractivity (Wildman–Crippen MR) is 96.3 cm³/mol. The molecule has 6 heteroatoms. The van der Waals surface area contributed by atoms with Crippen molar-refractivity contribution in [1.29, 1.82) is 0 Å². The highest BCUT2D eigenvalue weighted by atomic mass is 32.2. The van der Waals surface area contributed by atoms with Crippen molar-refractivity contribution in [1.82, 2.24) is 10.3 Å². The number of rotatable bonds is 5. The summed E-state index contributed by atoms with van der Waals surface area (Å²) in [7, 11) is 0. The Morgan fingerprint density at radius 1 is 1.22 bits per heavy atom.